The van der Waals surface area contributed by atoms with Crippen molar-refractivity contribution in [1.29, 1.82) is 0 Å². The molecule has 0 unspecified atom stereocenters. The fourth-order valence-corrected chi connectivity index (χ4v) is 2.75. The van der Waals surface area contributed by atoms with E-state index in [1.54, 1.807) is 0 Å². The molecule has 0 radical (unpaired) electrons. The standard InChI is InChI=1S/C19H34N2O/c1-2-3-16-21(19-12-14-20-15-13-19)17-10-8-6-4-5-7-9-11-18-22/h12-15,22H,2-11,16-18H2,1H3. The predicted molar refractivity (Wildman–Crippen MR) is 95.4 cm³/mol. The Morgan fingerprint density at radius 3 is 1.95 bits per heavy atom. The van der Waals surface area contributed by atoms with Gasteiger partial charge in [-0.1, -0.05) is 51.9 Å². The lowest BCUT2D eigenvalue weighted by molar-refractivity contribution is 0.282. The smallest absolute Gasteiger partial charge is 0.0431 e. The Labute approximate surface area is 136 Å². The average molecular weight is 306 g/mol. The van der Waals surface area contributed by atoms with Gasteiger partial charge in [-0.2, -0.15) is 0 Å². The van der Waals surface area contributed by atoms with Crippen LogP contribution in [0, 0.1) is 0 Å². The first kappa shape index (κ1) is 19.0. The lowest BCUT2D eigenvalue weighted by atomic mass is 10.1. The van der Waals surface area contributed by atoms with Gasteiger partial charge in [0.05, 0.1) is 0 Å². The van der Waals surface area contributed by atoms with E-state index in [9.17, 15) is 0 Å². The van der Waals surface area contributed by atoms with Crippen LogP contribution in [0.2, 0.25) is 0 Å². The van der Waals surface area contributed by atoms with Crippen molar-refractivity contribution in [2.45, 2.75) is 71.1 Å². The predicted octanol–water partition coefficient (Wildman–Crippen LogP) is 4.80. The van der Waals surface area contributed by atoms with Crippen molar-refractivity contribution in [3.05, 3.63) is 24.5 Å². The van der Waals surface area contributed by atoms with Crippen molar-refractivity contribution in [1.82, 2.24) is 4.98 Å². The Bertz CT molecular complexity index is 343. The molecule has 0 spiro atoms. The van der Waals surface area contributed by atoms with Crippen LogP contribution in [-0.2, 0) is 0 Å². The highest BCUT2D eigenvalue weighted by atomic mass is 16.2. The van der Waals surface area contributed by atoms with Crippen LogP contribution in [-0.4, -0.2) is 29.8 Å². The van der Waals surface area contributed by atoms with Gasteiger partial charge in [0.2, 0.25) is 0 Å². The van der Waals surface area contributed by atoms with Crippen LogP contribution in [0.4, 0.5) is 5.69 Å². The van der Waals surface area contributed by atoms with E-state index >= 15 is 0 Å². The molecule has 126 valence electrons. The third kappa shape index (κ3) is 9.04. The second-order valence-electron chi connectivity index (χ2n) is 6.10. The Morgan fingerprint density at radius 1 is 0.818 bits per heavy atom. The van der Waals surface area contributed by atoms with Crippen molar-refractivity contribution >= 4 is 5.69 Å². The zero-order valence-corrected chi connectivity index (χ0v) is 14.3. The van der Waals surface area contributed by atoms with Crippen LogP contribution in [0.5, 0.6) is 0 Å². The van der Waals surface area contributed by atoms with E-state index in [1.165, 1.54) is 63.5 Å². The second-order valence-corrected chi connectivity index (χ2v) is 6.10. The van der Waals surface area contributed by atoms with E-state index in [0.717, 1.165) is 19.5 Å². The third-order valence-corrected chi connectivity index (χ3v) is 4.15. The van der Waals surface area contributed by atoms with Gasteiger partial charge in [0.1, 0.15) is 0 Å². The molecule has 0 bridgehead atoms. The summed E-state index contributed by atoms with van der Waals surface area (Å²) in [5.41, 5.74) is 1.31. The van der Waals surface area contributed by atoms with Crippen molar-refractivity contribution in [2.24, 2.45) is 0 Å². The van der Waals surface area contributed by atoms with E-state index < -0.39 is 0 Å². The first-order valence-electron chi connectivity index (χ1n) is 9.14. The maximum absolute atomic E-state index is 8.74. The van der Waals surface area contributed by atoms with Crippen molar-refractivity contribution < 1.29 is 5.11 Å². The molecule has 1 aromatic heterocycles. The van der Waals surface area contributed by atoms with Gasteiger partial charge in [-0.25, -0.2) is 0 Å². The number of nitrogens with zero attached hydrogens (tertiary/aromatic N) is 2. The van der Waals surface area contributed by atoms with Gasteiger partial charge in [-0.05, 0) is 31.4 Å². The molecule has 1 heterocycles. The maximum atomic E-state index is 8.74. The van der Waals surface area contributed by atoms with Crippen LogP contribution < -0.4 is 4.90 Å². The van der Waals surface area contributed by atoms with E-state index in [2.05, 4.69) is 28.9 Å². The zero-order valence-electron chi connectivity index (χ0n) is 14.3. The van der Waals surface area contributed by atoms with Gasteiger partial charge in [-0.15, -0.1) is 0 Å². The summed E-state index contributed by atoms with van der Waals surface area (Å²) >= 11 is 0. The number of aliphatic hydroxyl groups excluding tert-OH is 1. The molecule has 1 N–H and O–H groups in total. The number of pyridine rings is 1. The SMILES string of the molecule is CCCCN(CCCCCCCCCCO)c1ccncc1. The number of hydrogen-bond donors (Lipinski definition) is 1. The average Bonchev–Trinajstić information content (AvgIpc) is 2.57. The topological polar surface area (TPSA) is 36.4 Å². The van der Waals surface area contributed by atoms with Gasteiger partial charge in [0.15, 0.2) is 0 Å². The molecule has 1 aromatic rings. The molecule has 0 atom stereocenters. The Hall–Kier alpha value is -1.09. The first-order valence-corrected chi connectivity index (χ1v) is 9.14. The van der Waals surface area contributed by atoms with Crippen LogP contribution in [0.1, 0.15) is 71.1 Å². The molecular weight excluding hydrogens is 272 g/mol. The van der Waals surface area contributed by atoms with Gasteiger partial charge in [0, 0.05) is 37.8 Å². The van der Waals surface area contributed by atoms with Crippen LogP contribution >= 0.6 is 0 Å². The fourth-order valence-electron chi connectivity index (χ4n) is 2.75. The summed E-state index contributed by atoms with van der Waals surface area (Å²) in [5, 5.41) is 8.74. The molecule has 1 rings (SSSR count). The molecule has 0 aliphatic rings. The number of aliphatic hydroxyl groups is 1. The van der Waals surface area contributed by atoms with Crippen LogP contribution in [0.25, 0.3) is 0 Å². The lowest BCUT2D eigenvalue weighted by Crippen LogP contribution is -2.25. The minimum Gasteiger partial charge on any atom is -0.396 e. The third-order valence-electron chi connectivity index (χ3n) is 4.15. The van der Waals surface area contributed by atoms with Crippen molar-refractivity contribution in [3.63, 3.8) is 0 Å². The van der Waals surface area contributed by atoms with Gasteiger partial charge < -0.3 is 10.0 Å². The number of anilines is 1. The molecule has 22 heavy (non-hydrogen) atoms. The first-order chi connectivity index (χ1) is 10.9. The number of unbranched alkanes of at least 4 members (excludes halogenated alkanes) is 8. The Morgan fingerprint density at radius 2 is 1.36 bits per heavy atom. The molecule has 0 fully saturated rings. The molecule has 0 aliphatic heterocycles. The largest absolute Gasteiger partial charge is 0.396 e. The monoisotopic (exact) mass is 306 g/mol. The zero-order chi connectivity index (χ0) is 15.9. The van der Waals surface area contributed by atoms with E-state index in [4.69, 9.17) is 5.11 Å². The molecule has 0 aliphatic carbocycles. The van der Waals surface area contributed by atoms with Gasteiger partial charge in [0.25, 0.3) is 0 Å². The van der Waals surface area contributed by atoms with Crippen molar-refractivity contribution in [3.8, 4) is 0 Å². The molecular formula is C19H34N2O. The summed E-state index contributed by atoms with van der Waals surface area (Å²) in [6, 6.07) is 4.24. The summed E-state index contributed by atoms with van der Waals surface area (Å²) in [7, 11) is 0. The van der Waals surface area contributed by atoms with Crippen LogP contribution in [0.15, 0.2) is 24.5 Å². The minimum absolute atomic E-state index is 0.350. The maximum Gasteiger partial charge on any atom is 0.0431 e. The molecule has 0 saturated heterocycles. The lowest BCUT2D eigenvalue weighted by Gasteiger charge is -2.24. The summed E-state index contributed by atoms with van der Waals surface area (Å²) in [4.78, 5) is 6.62. The van der Waals surface area contributed by atoms with Gasteiger partial charge in [-0.3, -0.25) is 4.98 Å². The fraction of sp³-hybridized carbons (Fsp3) is 0.737. The molecule has 0 aromatic carbocycles. The quantitative estimate of drug-likeness (QED) is 0.501. The Kier molecular flexibility index (Phi) is 11.7. The summed E-state index contributed by atoms with van der Waals surface area (Å²) in [5.74, 6) is 0. The molecule has 3 nitrogen and oxygen atoms in total. The van der Waals surface area contributed by atoms with E-state index in [1.807, 2.05) is 12.4 Å². The highest BCUT2D eigenvalue weighted by Gasteiger charge is 2.05. The Balaban J connectivity index is 2.13. The summed E-state index contributed by atoms with van der Waals surface area (Å²) < 4.78 is 0. The van der Waals surface area contributed by atoms with Crippen LogP contribution in [0.3, 0.4) is 0 Å². The number of aromatic nitrogens is 1. The summed E-state index contributed by atoms with van der Waals surface area (Å²) in [6.45, 7) is 4.92. The highest BCUT2D eigenvalue weighted by Crippen LogP contribution is 2.15. The normalized spacial score (nSPS) is 10.8. The highest BCUT2D eigenvalue weighted by molar-refractivity contribution is 5.44. The van der Waals surface area contributed by atoms with Crippen molar-refractivity contribution in [2.75, 3.05) is 24.6 Å². The second kappa shape index (κ2) is 13.6. The molecule has 0 saturated carbocycles. The van der Waals surface area contributed by atoms with E-state index in [0.29, 0.717) is 6.61 Å². The summed E-state index contributed by atoms with van der Waals surface area (Å²) in [6.07, 6.45) is 16.3. The molecule has 0 amide bonds. The minimum atomic E-state index is 0.350. The number of rotatable bonds is 14. The number of hydrogen-bond acceptors (Lipinski definition) is 3. The van der Waals surface area contributed by atoms with E-state index in [-0.39, 0.29) is 0 Å². The van der Waals surface area contributed by atoms with Gasteiger partial charge >= 0.3 is 0 Å². The molecule has 3 heteroatoms.